The fourth-order valence-corrected chi connectivity index (χ4v) is 1.69. The monoisotopic (exact) mass is 201 g/mol. The summed E-state index contributed by atoms with van der Waals surface area (Å²) in [6.07, 6.45) is 4.56. The van der Waals surface area contributed by atoms with Crippen LogP contribution < -0.4 is 15.4 Å². The Morgan fingerprint density at radius 3 is 3.08 bits per heavy atom. The van der Waals surface area contributed by atoms with Crippen LogP contribution in [0.25, 0.3) is 0 Å². The molecule has 1 aliphatic rings. The molecular formula is C8H15N3OS. The van der Waals surface area contributed by atoms with Gasteiger partial charge in [-0.3, -0.25) is 9.52 Å². The van der Waals surface area contributed by atoms with Crippen molar-refractivity contribution >= 4 is 17.7 Å². The van der Waals surface area contributed by atoms with Crippen LogP contribution in [0.4, 0.5) is 0 Å². The van der Waals surface area contributed by atoms with E-state index in [2.05, 4.69) is 15.4 Å². The van der Waals surface area contributed by atoms with Gasteiger partial charge < -0.3 is 10.6 Å². The molecular weight excluding hydrogens is 186 g/mol. The molecule has 0 amide bonds. The smallest absolute Gasteiger partial charge is 0.147 e. The van der Waals surface area contributed by atoms with E-state index < -0.39 is 0 Å². The second kappa shape index (κ2) is 5.14. The van der Waals surface area contributed by atoms with Crippen LogP contribution >= 0.6 is 11.9 Å². The summed E-state index contributed by atoms with van der Waals surface area (Å²) in [5, 5.41) is 6.19. The SMILES string of the molecule is CSN[C@@H](CC1=CNCN1)C(C)=O. The highest BCUT2D eigenvalue weighted by Crippen LogP contribution is 2.07. The Morgan fingerprint density at radius 2 is 2.62 bits per heavy atom. The van der Waals surface area contributed by atoms with E-state index in [0.29, 0.717) is 0 Å². The Bertz CT molecular complexity index is 217. The molecule has 1 rings (SSSR count). The highest BCUT2D eigenvalue weighted by atomic mass is 32.2. The third-order valence-electron chi connectivity index (χ3n) is 1.87. The number of nitrogens with one attached hydrogen (secondary N) is 3. The zero-order chi connectivity index (χ0) is 9.68. The van der Waals surface area contributed by atoms with E-state index in [1.165, 1.54) is 11.9 Å². The lowest BCUT2D eigenvalue weighted by Gasteiger charge is -2.14. The fourth-order valence-electron chi connectivity index (χ4n) is 1.15. The Kier molecular flexibility index (Phi) is 4.11. The molecule has 74 valence electrons. The maximum atomic E-state index is 11.2. The first kappa shape index (κ1) is 10.4. The maximum absolute atomic E-state index is 11.2. The summed E-state index contributed by atoms with van der Waals surface area (Å²) >= 11 is 1.48. The number of ketones is 1. The van der Waals surface area contributed by atoms with Gasteiger partial charge in [-0.2, -0.15) is 0 Å². The second-order valence-electron chi connectivity index (χ2n) is 2.92. The first-order valence-electron chi connectivity index (χ1n) is 4.19. The minimum atomic E-state index is -0.0892. The average molecular weight is 201 g/mol. The molecule has 0 saturated heterocycles. The lowest BCUT2D eigenvalue weighted by Crippen LogP contribution is -2.32. The number of carbonyl (C=O) groups excluding carboxylic acids is 1. The van der Waals surface area contributed by atoms with Crippen molar-refractivity contribution in [3.63, 3.8) is 0 Å². The number of hydrogen-bond acceptors (Lipinski definition) is 5. The Labute approximate surface area is 82.7 Å². The van der Waals surface area contributed by atoms with E-state index in [1.807, 2.05) is 12.5 Å². The largest absolute Gasteiger partial charge is 0.372 e. The van der Waals surface area contributed by atoms with Crippen LogP contribution in [0.2, 0.25) is 0 Å². The van der Waals surface area contributed by atoms with E-state index >= 15 is 0 Å². The van der Waals surface area contributed by atoms with Crippen molar-refractivity contribution in [3.05, 3.63) is 11.9 Å². The standard InChI is InChI=1S/C8H15N3OS/c1-6(12)8(11-13-2)3-7-4-9-5-10-7/h4,8-11H,3,5H2,1-2H3/t8-/m0/s1. The lowest BCUT2D eigenvalue weighted by atomic mass is 10.1. The molecule has 0 aromatic carbocycles. The minimum absolute atomic E-state index is 0.0892. The molecule has 1 atom stereocenters. The third kappa shape index (κ3) is 3.28. The summed E-state index contributed by atoms with van der Waals surface area (Å²) < 4.78 is 3.07. The van der Waals surface area contributed by atoms with E-state index in [-0.39, 0.29) is 11.8 Å². The second-order valence-corrected chi connectivity index (χ2v) is 3.56. The first-order valence-corrected chi connectivity index (χ1v) is 5.41. The first-order chi connectivity index (χ1) is 6.24. The van der Waals surface area contributed by atoms with Crippen molar-refractivity contribution < 1.29 is 4.79 Å². The third-order valence-corrected chi connectivity index (χ3v) is 2.39. The van der Waals surface area contributed by atoms with Crippen molar-refractivity contribution in [2.75, 3.05) is 12.9 Å². The van der Waals surface area contributed by atoms with Crippen molar-refractivity contribution in [2.45, 2.75) is 19.4 Å². The van der Waals surface area contributed by atoms with Crippen LogP contribution in [0, 0.1) is 0 Å². The van der Waals surface area contributed by atoms with Gasteiger partial charge in [0.05, 0.1) is 12.7 Å². The van der Waals surface area contributed by atoms with Gasteiger partial charge in [0, 0.05) is 18.3 Å². The van der Waals surface area contributed by atoms with Crippen LogP contribution in [-0.2, 0) is 4.79 Å². The molecule has 0 radical (unpaired) electrons. The minimum Gasteiger partial charge on any atom is -0.372 e. The number of Topliss-reactive ketones (excluding diaryl/α,β-unsaturated/α-hetero) is 1. The highest BCUT2D eigenvalue weighted by Gasteiger charge is 2.16. The molecule has 0 fully saturated rings. The summed E-state index contributed by atoms with van der Waals surface area (Å²) in [7, 11) is 0. The van der Waals surface area contributed by atoms with Gasteiger partial charge in [-0.1, -0.05) is 11.9 Å². The molecule has 0 saturated carbocycles. The van der Waals surface area contributed by atoms with Gasteiger partial charge in [0.2, 0.25) is 0 Å². The molecule has 0 aromatic heterocycles. The van der Waals surface area contributed by atoms with Crippen LogP contribution in [-0.4, -0.2) is 24.7 Å². The summed E-state index contributed by atoms with van der Waals surface area (Å²) in [6, 6.07) is -0.0892. The van der Waals surface area contributed by atoms with Gasteiger partial charge in [-0.25, -0.2) is 0 Å². The maximum Gasteiger partial charge on any atom is 0.147 e. The van der Waals surface area contributed by atoms with Crippen molar-refractivity contribution in [1.29, 1.82) is 0 Å². The topological polar surface area (TPSA) is 53.2 Å². The molecule has 13 heavy (non-hydrogen) atoms. The van der Waals surface area contributed by atoms with Gasteiger partial charge in [-0.15, -0.1) is 0 Å². The Morgan fingerprint density at radius 1 is 1.85 bits per heavy atom. The van der Waals surface area contributed by atoms with Crippen molar-refractivity contribution in [2.24, 2.45) is 0 Å². The summed E-state index contributed by atoms with van der Waals surface area (Å²) in [5.41, 5.74) is 1.08. The van der Waals surface area contributed by atoms with Crippen LogP contribution in [0.3, 0.4) is 0 Å². The van der Waals surface area contributed by atoms with Gasteiger partial charge in [-0.05, 0) is 13.2 Å². The fraction of sp³-hybridized carbons (Fsp3) is 0.625. The molecule has 5 heteroatoms. The Balaban J connectivity index is 2.41. The molecule has 3 N–H and O–H groups in total. The zero-order valence-corrected chi connectivity index (χ0v) is 8.70. The summed E-state index contributed by atoms with van der Waals surface area (Å²) in [5.74, 6) is 0.170. The number of rotatable bonds is 5. The molecule has 0 aromatic rings. The molecule has 0 bridgehead atoms. The van der Waals surface area contributed by atoms with Gasteiger partial charge in [0.25, 0.3) is 0 Å². The summed E-state index contributed by atoms with van der Waals surface area (Å²) in [4.78, 5) is 11.2. The zero-order valence-electron chi connectivity index (χ0n) is 7.89. The van der Waals surface area contributed by atoms with Gasteiger partial charge >= 0.3 is 0 Å². The normalized spacial score (nSPS) is 17.2. The van der Waals surface area contributed by atoms with Gasteiger partial charge in [0.1, 0.15) is 5.78 Å². The van der Waals surface area contributed by atoms with Crippen LogP contribution in [0.5, 0.6) is 0 Å². The van der Waals surface area contributed by atoms with E-state index in [4.69, 9.17) is 0 Å². The lowest BCUT2D eigenvalue weighted by molar-refractivity contribution is -0.118. The van der Waals surface area contributed by atoms with E-state index in [1.54, 1.807) is 6.92 Å². The molecule has 0 aliphatic carbocycles. The van der Waals surface area contributed by atoms with E-state index in [0.717, 1.165) is 18.8 Å². The van der Waals surface area contributed by atoms with E-state index in [9.17, 15) is 4.79 Å². The van der Waals surface area contributed by atoms with Crippen molar-refractivity contribution in [3.8, 4) is 0 Å². The molecule has 4 nitrogen and oxygen atoms in total. The Hall–Kier alpha value is -0.680. The number of hydrogen-bond donors (Lipinski definition) is 3. The predicted octanol–water partition coefficient (Wildman–Crippen LogP) is 0.193. The van der Waals surface area contributed by atoms with Gasteiger partial charge in [0.15, 0.2) is 0 Å². The molecule has 1 heterocycles. The predicted molar refractivity (Wildman–Crippen MR) is 55.0 cm³/mol. The summed E-state index contributed by atoms with van der Waals surface area (Å²) in [6.45, 7) is 2.37. The molecule has 0 spiro atoms. The molecule has 1 aliphatic heterocycles. The average Bonchev–Trinajstić information content (AvgIpc) is 2.56. The number of carbonyl (C=O) groups is 1. The molecule has 0 unspecified atom stereocenters. The van der Waals surface area contributed by atoms with Crippen LogP contribution in [0.15, 0.2) is 11.9 Å². The van der Waals surface area contributed by atoms with Crippen molar-refractivity contribution in [1.82, 2.24) is 15.4 Å². The highest BCUT2D eigenvalue weighted by molar-refractivity contribution is 7.96. The van der Waals surface area contributed by atoms with Crippen LogP contribution in [0.1, 0.15) is 13.3 Å². The quantitative estimate of drug-likeness (QED) is 0.555.